The van der Waals surface area contributed by atoms with E-state index in [0.29, 0.717) is 0 Å². The second-order valence-electron chi connectivity index (χ2n) is 1.90. The number of carbonyl (C=O) groups is 2. The monoisotopic (exact) mass is 173 g/mol. The molecule has 0 aliphatic carbocycles. The van der Waals surface area contributed by atoms with Gasteiger partial charge in [-0.1, -0.05) is 5.16 Å². The molecule has 0 aromatic heterocycles. The van der Waals surface area contributed by atoms with Crippen molar-refractivity contribution in [2.24, 2.45) is 5.16 Å². The molecule has 0 unspecified atom stereocenters. The first-order valence-electron chi connectivity index (χ1n) is 3.42. The summed E-state index contributed by atoms with van der Waals surface area (Å²) in [6.07, 6.45) is 0. The molecule has 0 spiro atoms. The molecule has 0 aromatic carbocycles. The average Bonchev–Trinajstić information content (AvgIpc) is 1.99. The van der Waals surface area contributed by atoms with E-state index in [9.17, 15) is 9.59 Å². The van der Waals surface area contributed by atoms with E-state index in [-0.39, 0.29) is 12.3 Å². The Labute approximate surface area is 70.3 Å². The minimum absolute atomic E-state index is 0.203. The third-order valence-corrected chi connectivity index (χ3v) is 0.985. The lowest BCUT2D eigenvalue weighted by Gasteiger charge is -2.00. The molecular formula is C7H11NO4. The van der Waals surface area contributed by atoms with Gasteiger partial charge >= 0.3 is 5.97 Å². The summed E-state index contributed by atoms with van der Waals surface area (Å²) in [6.45, 7) is 3.06. The van der Waals surface area contributed by atoms with Crippen LogP contribution in [0.4, 0.5) is 0 Å². The maximum Gasteiger partial charge on any atom is 0.364 e. The Hall–Kier alpha value is -1.39. The predicted molar refractivity (Wildman–Crippen MR) is 41.8 cm³/mol. The molecular weight excluding hydrogens is 162 g/mol. The van der Waals surface area contributed by atoms with Gasteiger partial charge in [0.15, 0.2) is 5.78 Å². The van der Waals surface area contributed by atoms with Crippen molar-refractivity contribution in [2.45, 2.75) is 13.8 Å². The average molecular weight is 173 g/mol. The number of ketones is 1. The molecule has 0 saturated heterocycles. The fourth-order valence-electron chi connectivity index (χ4n) is 0.536. The quantitative estimate of drug-likeness (QED) is 0.262. The Morgan fingerprint density at radius 1 is 1.42 bits per heavy atom. The summed E-state index contributed by atoms with van der Waals surface area (Å²) in [5, 5.41) is 3.23. The molecule has 0 amide bonds. The van der Waals surface area contributed by atoms with E-state index >= 15 is 0 Å². The standard InChI is InChI=1S/C7H11NO4/c1-4-12-7(10)6(5(2)9)8-11-3/h4H2,1-3H3/b8-6-. The van der Waals surface area contributed by atoms with Crippen molar-refractivity contribution < 1.29 is 19.2 Å². The number of oxime groups is 1. The zero-order valence-electron chi connectivity index (χ0n) is 7.29. The van der Waals surface area contributed by atoms with Crippen LogP contribution in [0.1, 0.15) is 13.8 Å². The van der Waals surface area contributed by atoms with Gasteiger partial charge in [0, 0.05) is 6.92 Å². The maximum atomic E-state index is 10.9. The lowest BCUT2D eigenvalue weighted by Crippen LogP contribution is -2.24. The van der Waals surface area contributed by atoms with Gasteiger partial charge in [0.1, 0.15) is 7.11 Å². The normalized spacial score (nSPS) is 10.8. The number of rotatable bonds is 4. The first-order chi connectivity index (χ1) is 5.63. The summed E-state index contributed by atoms with van der Waals surface area (Å²) in [5.74, 6) is -1.23. The van der Waals surface area contributed by atoms with E-state index in [0.717, 1.165) is 0 Å². The molecule has 0 aromatic rings. The predicted octanol–water partition coefficient (Wildman–Crippen LogP) is 0.141. The molecule has 0 rings (SSSR count). The number of esters is 1. The van der Waals surface area contributed by atoms with Crippen molar-refractivity contribution in [2.75, 3.05) is 13.7 Å². The molecule has 0 radical (unpaired) electrons. The van der Waals surface area contributed by atoms with Crippen LogP contribution in [0.3, 0.4) is 0 Å². The van der Waals surface area contributed by atoms with Gasteiger partial charge in [0.05, 0.1) is 6.61 Å². The second kappa shape index (κ2) is 5.29. The minimum atomic E-state index is -0.758. The Bertz CT molecular complexity index is 209. The highest BCUT2D eigenvalue weighted by Crippen LogP contribution is 1.88. The van der Waals surface area contributed by atoms with Crippen LogP contribution in [0, 0.1) is 0 Å². The van der Waals surface area contributed by atoms with Crippen molar-refractivity contribution in [1.82, 2.24) is 0 Å². The molecule has 0 aliphatic rings. The fourth-order valence-corrected chi connectivity index (χ4v) is 0.536. The van der Waals surface area contributed by atoms with Gasteiger partial charge in [0.2, 0.25) is 5.71 Å². The highest BCUT2D eigenvalue weighted by Gasteiger charge is 2.18. The largest absolute Gasteiger partial charge is 0.461 e. The van der Waals surface area contributed by atoms with Crippen molar-refractivity contribution in [3.63, 3.8) is 0 Å². The highest BCUT2D eigenvalue weighted by atomic mass is 16.6. The summed E-state index contributed by atoms with van der Waals surface area (Å²) in [7, 11) is 1.25. The molecule has 0 aliphatic heterocycles. The van der Waals surface area contributed by atoms with Crippen LogP contribution in [0.5, 0.6) is 0 Å². The number of nitrogens with zero attached hydrogens (tertiary/aromatic N) is 1. The molecule has 0 N–H and O–H groups in total. The first kappa shape index (κ1) is 10.6. The lowest BCUT2D eigenvalue weighted by atomic mass is 10.3. The number of carbonyl (C=O) groups excluding carboxylic acids is 2. The second-order valence-corrected chi connectivity index (χ2v) is 1.90. The van der Waals surface area contributed by atoms with Crippen LogP contribution in [-0.2, 0) is 19.2 Å². The van der Waals surface area contributed by atoms with Gasteiger partial charge in [-0.05, 0) is 6.92 Å². The summed E-state index contributed by atoms with van der Waals surface area (Å²) in [5.41, 5.74) is -0.320. The van der Waals surface area contributed by atoms with Crippen molar-refractivity contribution >= 4 is 17.5 Å². The Morgan fingerprint density at radius 2 is 2.00 bits per heavy atom. The van der Waals surface area contributed by atoms with E-state index in [2.05, 4.69) is 14.7 Å². The van der Waals surface area contributed by atoms with Gasteiger partial charge in [-0.15, -0.1) is 0 Å². The summed E-state index contributed by atoms with van der Waals surface area (Å²) >= 11 is 0. The Morgan fingerprint density at radius 3 is 2.33 bits per heavy atom. The van der Waals surface area contributed by atoms with Gasteiger partial charge in [-0.3, -0.25) is 4.79 Å². The van der Waals surface area contributed by atoms with Crippen LogP contribution in [0.15, 0.2) is 5.16 Å². The van der Waals surface area contributed by atoms with E-state index in [1.165, 1.54) is 14.0 Å². The molecule has 0 atom stereocenters. The molecule has 68 valence electrons. The van der Waals surface area contributed by atoms with Crippen LogP contribution < -0.4 is 0 Å². The van der Waals surface area contributed by atoms with Gasteiger partial charge < -0.3 is 9.57 Å². The molecule has 0 bridgehead atoms. The zero-order chi connectivity index (χ0) is 9.56. The SMILES string of the molecule is CCOC(=O)/C(=N\OC)C(C)=O. The molecule has 5 nitrogen and oxygen atoms in total. The fraction of sp³-hybridized carbons (Fsp3) is 0.571. The van der Waals surface area contributed by atoms with E-state index in [1.807, 2.05) is 0 Å². The molecule has 0 fully saturated rings. The molecule has 0 saturated carbocycles. The third-order valence-electron chi connectivity index (χ3n) is 0.985. The number of hydrogen-bond acceptors (Lipinski definition) is 5. The first-order valence-corrected chi connectivity index (χ1v) is 3.42. The van der Waals surface area contributed by atoms with Gasteiger partial charge in [-0.25, -0.2) is 4.79 Å². The highest BCUT2D eigenvalue weighted by molar-refractivity contribution is 6.63. The number of Topliss-reactive ketones (excluding diaryl/α,β-unsaturated/α-hetero) is 1. The smallest absolute Gasteiger partial charge is 0.364 e. The van der Waals surface area contributed by atoms with E-state index < -0.39 is 11.8 Å². The van der Waals surface area contributed by atoms with E-state index in [4.69, 9.17) is 0 Å². The van der Waals surface area contributed by atoms with Crippen molar-refractivity contribution in [3.05, 3.63) is 0 Å². The number of hydrogen-bond donors (Lipinski definition) is 0. The Kier molecular flexibility index (Phi) is 4.67. The van der Waals surface area contributed by atoms with Crippen molar-refractivity contribution in [3.8, 4) is 0 Å². The molecule has 0 heterocycles. The molecule has 12 heavy (non-hydrogen) atoms. The maximum absolute atomic E-state index is 10.9. The lowest BCUT2D eigenvalue weighted by molar-refractivity contribution is -0.135. The topological polar surface area (TPSA) is 65.0 Å². The summed E-state index contributed by atoms with van der Waals surface area (Å²) in [4.78, 5) is 26.0. The van der Waals surface area contributed by atoms with Crippen molar-refractivity contribution in [1.29, 1.82) is 0 Å². The zero-order valence-corrected chi connectivity index (χ0v) is 7.29. The number of ether oxygens (including phenoxy) is 1. The van der Waals surface area contributed by atoms with Gasteiger partial charge in [0.25, 0.3) is 0 Å². The summed E-state index contributed by atoms with van der Waals surface area (Å²) < 4.78 is 4.55. The van der Waals surface area contributed by atoms with Gasteiger partial charge in [-0.2, -0.15) is 0 Å². The van der Waals surface area contributed by atoms with Crippen LogP contribution >= 0.6 is 0 Å². The van der Waals surface area contributed by atoms with Crippen LogP contribution in [0.25, 0.3) is 0 Å². The van der Waals surface area contributed by atoms with Crippen LogP contribution in [0.2, 0.25) is 0 Å². The van der Waals surface area contributed by atoms with E-state index in [1.54, 1.807) is 6.92 Å². The Balaban J connectivity index is 4.41. The molecule has 5 heteroatoms. The third kappa shape index (κ3) is 3.14. The summed E-state index contributed by atoms with van der Waals surface area (Å²) in [6, 6.07) is 0. The van der Waals surface area contributed by atoms with Crippen LogP contribution in [-0.4, -0.2) is 31.2 Å². The minimum Gasteiger partial charge on any atom is -0.461 e.